The second kappa shape index (κ2) is 10.1. The molecule has 0 saturated heterocycles. The van der Waals surface area contributed by atoms with E-state index in [9.17, 15) is 0 Å². The van der Waals surface area contributed by atoms with Crippen molar-refractivity contribution in [1.82, 2.24) is 0 Å². The Morgan fingerprint density at radius 1 is 0.789 bits per heavy atom. The molecule has 1 aliphatic carbocycles. The highest BCUT2D eigenvalue weighted by molar-refractivity contribution is 7.80. The van der Waals surface area contributed by atoms with Crippen molar-refractivity contribution in [3.8, 4) is 0 Å². The molecule has 0 spiro atoms. The SMILES string of the molecule is CC1CCCCCCCC(C)(CS)CCCCCC1. The molecule has 2 unspecified atom stereocenters. The first-order valence-corrected chi connectivity index (χ1v) is 9.40. The number of thiol groups is 1. The molecule has 0 radical (unpaired) electrons. The summed E-state index contributed by atoms with van der Waals surface area (Å²) in [6.07, 6.45) is 18.7. The van der Waals surface area contributed by atoms with Crippen molar-refractivity contribution in [3.05, 3.63) is 0 Å². The molecule has 0 N–H and O–H groups in total. The molecule has 0 bridgehead atoms. The third kappa shape index (κ3) is 8.27. The minimum absolute atomic E-state index is 0.510. The van der Waals surface area contributed by atoms with Crippen LogP contribution in [-0.2, 0) is 0 Å². The van der Waals surface area contributed by atoms with Crippen LogP contribution in [-0.4, -0.2) is 5.75 Å². The predicted octanol–water partition coefficient (Wildman–Crippen LogP) is 6.64. The Morgan fingerprint density at radius 2 is 1.21 bits per heavy atom. The fraction of sp³-hybridized carbons (Fsp3) is 1.00. The van der Waals surface area contributed by atoms with E-state index in [0.717, 1.165) is 11.7 Å². The summed E-state index contributed by atoms with van der Waals surface area (Å²) in [5.74, 6) is 2.04. The van der Waals surface area contributed by atoms with Gasteiger partial charge >= 0.3 is 0 Å². The molecule has 0 heterocycles. The van der Waals surface area contributed by atoms with Crippen LogP contribution >= 0.6 is 12.6 Å². The molecule has 2 atom stereocenters. The third-order valence-corrected chi connectivity index (χ3v) is 5.85. The highest BCUT2D eigenvalue weighted by Gasteiger charge is 2.21. The Hall–Kier alpha value is 0.350. The van der Waals surface area contributed by atoms with Gasteiger partial charge in [0.1, 0.15) is 0 Å². The van der Waals surface area contributed by atoms with Gasteiger partial charge in [0.15, 0.2) is 0 Å². The molecule has 0 aliphatic heterocycles. The summed E-state index contributed by atoms with van der Waals surface area (Å²) >= 11 is 4.61. The smallest absolute Gasteiger partial charge is 0.00438 e. The van der Waals surface area contributed by atoms with Crippen molar-refractivity contribution in [2.24, 2.45) is 11.3 Å². The number of hydrogen-bond acceptors (Lipinski definition) is 1. The lowest BCUT2D eigenvalue weighted by atomic mass is 9.81. The first kappa shape index (κ1) is 17.4. The molecule has 1 heteroatoms. The first-order chi connectivity index (χ1) is 9.16. The second-order valence-corrected chi connectivity index (χ2v) is 7.65. The maximum Gasteiger partial charge on any atom is -0.00438 e. The Bertz CT molecular complexity index is 214. The van der Waals surface area contributed by atoms with Gasteiger partial charge in [-0.25, -0.2) is 0 Å². The van der Waals surface area contributed by atoms with Crippen LogP contribution in [0.2, 0.25) is 0 Å². The highest BCUT2D eigenvalue weighted by Crippen LogP contribution is 2.33. The molecule has 0 aromatic carbocycles. The van der Waals surface area contributed by atoms with Crippen LogP contribution in [0.1, 0.15) is 97.3 Å². The average Bonchev–Trinajstić information content (AvgIpc) is 2.41. The molecule has 0 aromatic heterocycles. The molecule has 19 heavy (non-hydrogen) atoms. The Kier molecular flexibility index (Phi) is 9.28. The van der Waals surface area contributed by atoms with Gasteiger partial charge in [-0.1, -0.05) is 84.5 Å². The third-order valence-electron chi connectivity index (χ3n) is 5.09. The van der Waals surface area contributed by atoms with E-state index in [4.69, 9.17) is 0 Å². The minimum atomic E-state index is 0.510. The average molecular weight is 285 g/mol. The van der Waals surface area contributed by atoms with Crippen molar-refractivity contribution in [1.29, 1.82) is 0 Å². The van der Waals surface area contributed by atoms with Gasteiger partial charge in [0, 0.05) is 0 Å². The van der Waals surface area contributed by atoms with Crippen LogP contribution in [0.25, 0.3) is 0 Å². The van der Waals surface area contributed by atoms with Gasteiger partial charge in [0.2, 0.25) is 0 Å². The lowest BCUT2D eigenvalue weighted by Crippen LogP contribution is -2.18. The minimum Gasteiger partial charge on any atom is -0.179 e. The molecule has 0 nitrogen and oxygen atoms in total. The van der Waals surface area contributed by atoms with Crippen LogP contribution < -0.4 is 0 Å². The van der Waals surface area contributed by atoms with E-state index in [1.165, 1.54) is 83.5 Å². The highest BCUT2D eigenvalue weighted by atomic mass is 32.1. The maximum atomic E-state index is 4.61. The molecular weight excluding hydrogens is 248 g/mol. The summed E-state index contributed by atoms with van der Waals surface area (Å²) in [4.78, 5) is 0. The summed E-state index contributed by atoms with van der Waals surface area (Å²) < 4.78 is 0. The fourth-order valence-electron chi connectivity index (χ4n) is 3.40. The van der Waals surface area contributed by atoms with Crippen LogP contribution in [0.3, 0.4) is 0 Å². The van der Waals surface area contributed by atoms with E-state index < -0.39 is 0 Å². The Morgan fingerprint density at radius 3 is 1.68 bits per heavy atom. The van der Waals surface area contributed by atoms with Gasteiger partial charge in [-0.15, -0.1) is 0 Å². The molecular formula is C18H36S. The first-order valence-electron chi connectivity index (χ1n) is 8.77. The van der Waals surface area contributed by atoms with Crippen molar-refractivity contribution in [2.45, 2.75) is 97.3 Å². The zero-order chi connectivity index (χ0) is 14.0. The zero-order valence-corrected chi connectivity index (χ0v) is 14.3. The van der Waals surface area contributed by atoms with Crippen molar-refractivity contribution < 1.29 is 0 Å². The summed E-state index contributed by atoms with van der Waals surface area (Å²) in [7, 11) is 0. The summed E-state index contributed by atoms with van der Waals surface area (Å²) in [6.45, 7) is 4.91. The largest absolute Gasteiger partial charge is 0.179 e. The van der Waals surface area contributed by atoms with E-state index in [1.807, 2.05) is 0 Å². The monoisotopic (exact) mass is 284 g/mol. The van der Waals surface area contributed by atoms with Crippen LogP contribution in [0, 0.1) is 11.3 Å². The lowest BCUT2D eigenvalue weighted by Gasteiger charge is -2.28. The second-order valence-electron chi connectivity index (χ2n) is 7.33. The summed E-state index contributed by atoms with van der Waals surface area (Å²) in [5.41, 5.74) is 0.510. The number of hydrogen-bond donors (Lipinski definition) is 1. The maximum absolute atomic E-state index is 4.61. The van der Waals surface area contributed by atoms with E-state index in [-0.39, 0.29) is 0 Å². The Balaban J connectivity index is 2.34. The molecule has 1 saturated carbocycles. The summed E-state index contributed by atoms with van der Waals surface area (Å²) in [5, 5.41) is 0. The topological polar surface area (TPSA) is 0 Å². The zero-order valence-electron chi connectivity index (χ0n) is 13.4. The van der Waals surface area contributed by atoms with E-state index in [0.29, 0.717) is 5.41 Å². The predicted molar refractivity (Wildman–Crippen MR) is 91.1 cm³/mol. The fourth-order valence-corrected chi connectivity index (χ4v) is 3.72. The normalized spacial score (nSPS) is 33.3. The van der Waals surface area contributed by atoms with Gasteiger partial charge in [-0.05, 0) is 29.9 Å². The lowest BCUT2D eigenvalue weighted by molar-refractivity contribution is 0.290. The van der Waals surface area contributed by atoms with Gasteiger partial charge in [-0.3, -0.25) is 0 Å². The molecule has 0 amide bonds. The van der Waals surface area contributed by atoms with Gasteiger partial charge in [0.05, 0.1) is 0 Å². The van der Waals surface area contributed by atoms with Gasteiger partial charge in [-0.2, -0.15) is 12.6 Å². The molecule has 114 valence electrons. The van der Waals surface area contributed by atoms with E-state index in [2.05, 4.69) is 26.5 Å². The summed E-state index contributed by atoms with van der Waals surface area (Å²) in [6, 6.07) is 0. The van der Waals surface area contributed by atoms with Crippen molar-refractivity contribution in [2.75, 3.05) is 5.75 Å². The molecule has 1 aliphatic rings. The van der Waals surface area contributed by atoms with Crippen LogP contribution in [0.5, 0.6) is 0 Å². The van der Waals surface area contributed by atoms with Crippen molar-refractivity contribution in [3.63, 3.8) is 0 Å². The molecule has 0 aromatic rings. The van der Waals surface area contributed by atoms with E-state index >= 15 is 0 Å². The van der Waals surface area contributed by atoms with E-state index in [1.54, 1.807) is 0 Å². The molecule has 1 fully saturated rings. The van der Waals surface area contributed by atoms with Crippen molar-refractivity contribution >= 4 is 12.6 Å². The van der Waals surface area contributed by atoms with Crippen LogP contribution in [0.4, 0.5) is 0 Å². The van der Waals surface area contributed by atoms with Crippen LogP contribution in [0.15, 0.2) is 0 Å². The molecule has 1 rings (SSSR count). The van der Waals surface area contributed by atoms with Gasteiger partial charge < -0.3 is 0 Å². The number of rotatable bonds is 1. The van der Waals surface area contributed by atoms with Gasteiger partial charge in [0.25, 0.3) is 0 Å². The standard InChI is InChI=1S/C18H36S/c1-17-12-8-4-3-6-10-14-18(2,16-19)15-11-7-5-9-13-17/h17,19H,3-16H2,1-2H3. The Labute approximate surface area is 127 Å². The quantitative estimate of drug-likeness (QED) is 0.512.